The fourth-order valence-electron chi connectivity index (χ4n) is 1.05. The maximum absolute atomic E-state index is 10.2. The van der Waals surface area contributed by atoms with E-state index >= 15 is 0 Å². The lowest BCUT2D eigenvalue weighted by Gasteiger charge is -2.07. The summed E-state index contributed by atoms with van der Waals surface area (Å²) < 4.78 is 4.82. The largest absolute Gasteiger partial charge is 0.480 e. The molecule has 0 unspecified atom stereocenters. The van der Waals surface area contributed by atoms with E-state index in [4.69, 9.17) is 26.7 Å². The molecule has 17 heavy (non-hydrogen) atoms. The van der Waals surface area contributed by atoms with Crippen LogP contribution < -0.4 is 5.32 Å². The molecule has 0 saturated carbocycles. The van der Waals surface area contributed by atoms with Crippen LogP contribution in [0, 0.1) is 11.3 Å². The highest BCUT2D eigenvalue weighted by atomic mass is 35.5. The summed E-state index contributed by atoms with van der Waals surface area (Å²) in [5.74, 6) is -0.641. The standard InChI is InChI=1S/C10H10ClN3O3/c11-9-7(5-12)1-2-13-10(9)14-3-4-17-6-8(15)16/h1-2H,3-4,6H2,(H,13,14)(H,15,16). The SMILES string of the molecule is N#Cc1ccnc(NCCOCC(=O)O)c1Cl. The Morgan fingerprint density at radius 1 is 1.71 bits per heavy atom. The number of hydrogen-bond donors (Lipinski definition) is 2. The molecule has 0 spiro atoms. The van der Waals surface area contributed by atoms with Crippen LogP contribution in [-0.2, 0) is 9.53 Å². The van der Waals surface area contributed by atoms with E-state index in [0.29, 0.717) is 17.9 Å². The monoisotopic (exact) mass is 255 g/mol. The molecule has 2 N–H and O–H groups in total. The summed E-state index contributed by atoms with van der Waals surface area (Å²) in [4.78, 5) is 14.1. The van der Waals surface area contributed by atoms with Crippen LogP contribution in [0.5, 0.6) is 0 Å². The minimum absolute atomic E-state index is 0.209. The van der Waals surface area contributed by atoms with Crippen molar-refractivity contribution in [3.8, 4) is 6.07 Å². The maximum Gasteiger partial charge on any atom is 0.329 e. The Hall–Kier alpha value is -1.84. The van der Waals surface area contributed by atoms with Crippen molar-refractivity contribution < 1.29 is 14.6 Å². The Bertz CT molecular complexity index is 445. The molecule has 0 amide bonds. The van der Waals surface area contributed by atoms with Crippen molar-refractivity contribution in [2.24, 2.45) is 0 Å². The highest BCUT2D eigenvalue weighted by Crippen LogP contribution is 2.22. The molecule has 0 radical (unpaired) electrons. The maximum atomic E-state index is 10.2. The van der Waals surface area contributed by atoms with E-state index in [0.717, 1.165) is 0 Å². The number of nitrogens with zero attached hydrogens (tertiary/aromatic N) is 2. The Morgan fingerprint density at radius 3 is 3.12 bits per heavy atom. The van der Waals surface area contributed by atoms with Gasteiger partial charge in [-0.25, -0.2) is 9.78 Å². The number of aromatic nitrogens is 1. The molecular formula is C10H10ClN3O3. The first-order valence-corrected chi connectivity index (χ1v) is 5.11. The Kier molecular flexibility index (Phi) is 5.20. The zero-order valence-electron chi connectivity index (χ0n) is 8.81. The van der Waals surface area contributed by atoms with E-state index in [-0.39, 0.29) is 18.2 Å². The quantitative estimate of drug-likeness (QED) is 0.740. The Labute approximate surface area is 103 Å². The molecule has 1 rings (SSSR count). The number of aliphatic carboxylic acids is 1. The van der Waals surface area contributed by atoms with Gasteiger partial charge in [0.25, 0.3) is 0 Å². The molecular weight excluding hydrogens is 246 g/mol. The average Bonchev–Trinajstić information content (AvgIpc) is 2.30. The van der Waals surface area contributed by atoms with E-state index in [1.165, 1.54) is 12.3 Å². The van der Waals surface area contributed by atoms with Gasteiger partial charge in [0.1, 0.15) is 23.5 Å². The summed E-state index contributed by atoms with van der Waals surface area (Å²) in [6.07, 6.45) is 1.46. The molecule has 0 atom stereocenters. The minimum atomic E-state index is -1.02. The van der Waals surface area contributed by atoms with E-state index < -0.39 is 5.97 Å². The molecule has 90 valence electrons. The van der Waals surface area contributed by atoms with Gasteiger partial charge in [0, 0.05) is 12.7 Å². The second kappa shape index (κ2) is 6.68. The number of carboxylic acid groups (broad SMARTS) is 1. The summed E-state index contributed by atoms with van der Waals surface area (Å²) >= 11 is 5.89. The molecule has 0 aliphatic rings. The Morgan fingerprint density at radius 2 is 2.47 bits per heavy atom. The average molecular weight is 256 g/mol. The van der Waals surface area contributed by atoms with Crippen molar-refractivity contribution >= 4 is 23.4 Å². The lowest BCUT2D eigenvalue weighted by Crippen LogP contribution is -2.14. The van der Waals surface area contributed by atoms with E-state index in [1.807, 2.05) is 6.07 Å². The van der Waals surface area contributed by atoms with Crippen molar-refractivity contribution in [2.75, 3.05) is 25.1 Å². The van der Waals surface area contributed by atoms with Crippen molar-refractivity contribution in [3.05, 3.63) is 22.8 Å². The topological polar surface area (TPSA) is 95.2 Å². The number of nitriles is 1. The van der Waals surface area contributed by atoms with Crippen LogP contribution in [0.25, 0.3) is 0 Å². The van der Waals surface area contributed by atoms with Gasteiger partial charge in [0.15, 0.2) is 0 Å². The zero-order chi connectivity index (χ0) is 12.7. The third kappa shape index (κ3) is 4.26. The minimum Gasteiger partial charge on any atom is -0.480 e. The van der Waals surface area contributed by atoms with Crippen LogP contribution in [0.4, 0.5) is 5.82 Å². The van der Waals surface area contributed by atoms with E-state index in [1.54, 1.807) is 0 Å². The highest BCUT2D eigenvalue weighted by molar-refractivity contribution is 6.34. The first kappa shape index (κ1) is 13.2. The molecule has 0 saturated heterocycles. The van der Waals surface area contributed by atoms with Gasteiger partial charge in [0.2, 0.25) is 0 Å². The number of rotatable bonds is 6. The fraction of sp³-hybridized carbons (Fsp3) is 0.300. The lowest BCUT2D eigenvalue weighted by molar-refractivity contribution is -0.142. The van der Waals surface area contributed by atoms with Crippen molar-refractivity contribution in [1.82, 2.24) is 4.98 Å². The molecule has 7 heteroatoms. The second-order valence-electron chi connectivity index (χ2n) is 3.01. The van der Waals surface area contributed by atoms with Crippen molar-refractivity contribution in [2.45, 2.75) is 0 Å². The smallest absolute Gasteiger partial charge is 0.329 e. The summed E-state index contributed by atoms with van der Waals surface area (Å²) in [5, 5.41) is 20.2. The van der Waals surface area contributed by atoms with Crippen molar-refractivity contribution in [1.29, 1.82) is 5.26 Å². The van der Waals surface area contributed by atoms with Crippen LogP contribution >= 0.6 is 11.6 Å². The Balaban J connectivity index is 2.42. The number of carbonyl (C=O) groups is 1. The van der Waals surface area contributed by atoms with Gasteiger partial charge in [-0.2, -0.15) is 5.26 Å². The normalized spacial score (nSPS) is 9.65. The third-order valence-electron chi connectivity index (χ3n) is 1.77. The van der Waals surface area contributed by atoms with Crippen LogP contribution in [0.3, 0.4) is 0 Å². The van der Waals surface area contributed by atoms with Crippen LogP contribution in [-0.4, -0.2) is 35.8 Å². The highest BCUT2D eigenvalue weighted by Gasteiger charge is 2.06. The molecule has 0 bridgehead atoms. The molecule has 6 nitrogen and oxygen atoms in total. The number of anilines is 1. The number of halogens is 1. The zero-order valence-corrected chi connectivity index (χ0v) is 9.57. The lowest BCUT2D eigenvalue weighted by atomic mass is 10.3. The molecule has 0 aliphatic carbocycles. The molecule has 0 aromatic carbocycles. The summed E-state index contributed by atoms with van der Waals surface area (Å²) in [6, 6.07) is 3.44. The molecule has 0 fully saturated rings. The number of carboxylic acids is 1. The number of pyridine rings is 1. The van der Waals surface area contributed by atoms with E-state index in [2.05, 4.69) is 10.3 Å². The summed E-state index contributed by atoms with van der Waals surface area (Å²) in [7, 11) is 0. The van der Waals surface area contributed by atoms with Gasteiger partial charge >= 0.3 is 5.97 Å². The third-order valence-corrected chi connectivity index (χ3v) is 2.16. The predicted octanol–water partition coefficient (Wildman–Crippen LogP) is 1.12. The van der Waals surface area contributed by atoms with Gasteiger partial charge in [-0.15, -0.1) is 0 Å². The number of ether oxygens (including phenoxy) is 1. The van der Waals surface area contributed by atoms with Gasteiger partial charge in [0.05, 0.1) is 12.2 Å². The van der Waals surface area contributed by atoms with Crippen LogP contribution in [0.1, 0.15) is 5.56 Å². The summed E-state index contributed by atoms with van der Waals surface area (Å²) in [5.41, 5.74) is 0.329. The van der Waals surface area contributed by atoms with Crippen LogP contribution in [0.2, 0.25) is 5.02 Å². The first-order chi connectivity index (χ1) is 8.15. The van der Waals surface area contributed by atoms with Gasteiger partial charge in [-0.3, -0.25) is 0 Å². The van der Waals surface area contributed by atoms with Gasteiger partial charge in [-0.1, -0.05) is 11.6 Å². The second-order valence-corrected chi connectivity index (χ2v) is 3.38. The predicted molar refractivity (Wildman–Crippen MR) is 60.9 cm³/mol. The number of nitrogens with one attached hydrogen (secondary N) is 1. The van der Waals surface area contributed by atoms with Crippen LogP contribution in [0.15, 0.2) is 12.3 Å². The number of hydrogen-bond acceptors (Lipinski definition) is 5. The molecule has 1 aromatic rings. The molecule has 1 heterocycles. The van der Waals surface area contributed by atoms with E-state index in [9.17, 15) is 4.79 Å². The van der Waals surface area contributed by atoms with Gasteiger partial charge in [-0.05, 0) is 6.07 Å². The first-order valence-electron chi connectivity index (χ1n) is 4.73. The molecule has 0 aliphatic heterocycles. The fourth-order valence-corrected chi connectivity index (χ4v) is 1.28. The van der Waals surface area contributed by atoms with Crippen molar-refractivity contribution in [3.63, 3.8) is 0 Å². The van der Waals surface area contributed by atoms with Gasteiger partial charge < -0.3 is 15.2 Å². The molecule has 1 aromatic heterocycles. The summed E-state index contributed by atoms with van der Waals surface area (Å²) in [6.45, 7) is 0.219.